The van der Waals surface area contributed by atoms with Crippen molar-refractivity contribution >= 4 is 34.3 Å². The molecule has 6 nitrogen and oxygen atoms in total. The number of methoxy groups -OCH3 is 1. The van der Waals surface area contributed by atoms with E-state index in [0.717, 1.165) is 39.0 Å². The Balaban J connectivity index is 1.42. The molecule has 1 saturated heterocycles. The van der Waals surface area contributed by atoms with Crippen molar-refractivity contribution in [2.45, 2.75) is 24.8 Å². The third-order valence-corrected chi connectivity index (χ3v) is 8.17. The van der Waals surface area contributed by atoms with Gasteiger partial charge in [-0.2, -0.15) is 0 Å². The van der Waals surface area contributed by atoms with Crippen molar-refractivity contribution in [2.24, 2.45) is 0 Å². The van der Waals surface area contributed by atoms with E-state index in [4.69, 9.17) is 16.3 Å². The summed E-state index contributed by atoms with van der Waals surface area (Å²) < 4.78 is 5.36. The lowest BCUT2D eigenvalue weighted by Gasteiger charge is -2.51. The van der Waals surface area contributed by atoms with Gasteiger partial charge in [0.25, 0.3) is 5.91 Å². The number of carbonyl (C=O) groups is 2. The van der Waals surface area contributed by atoms with E-state index in [1.54, 1.807) is 16.9 Å². The molecule has 2 amide bonds. The first-order valence-electron chi connectivity index (χ1n) is 12.5. The van der Waals surface area contributed by atoms with E-state index in [2.05, 4.69) is 11.1 Å². The Hall–Kier alpha value is -3.77. The third-order valence-electron chi connectivity index (χ3n) is 7.92. The van der Waals surface area contributed by atoms with Crippen molar-refractivity contribution in [2.75, 3.05) is 26.7 Å². The number of fused-ring (bicyclic) bond motifs is 5. The number of nitrogens with one attached hydrogen (secondary N) is 1. The number of benzene rings is 3. The number of hydrogen-bond acceptors (Lipinski definition) is 3. The molecule has 0 saturated carbocycles. The Bertz CT molecular complexity index is 1500. The molecule has 7 heteroatoms. The van der Waals surface area contributed by atoms with E-state index in [1.165, 1.54) is 0 Å². The highest BCUT2D eigenvalue weighted by Crippen LogP contribution is 2.48. The molecule has 1 N–H and O–H groups in total. The quantitative estimate of drug-likeness (QED) is 0.403. The largest absolute Gasteiger partial charge is 0.497 e. The fourth-order valence-electron chi connectivity index (χ4n) is 5.91. The molecule has 2 aliphatic heterocycles. The third kappa shape index (κ3) is 3.78. The van der Waals surface area contributed by atoms with Crippen LogP contribution in [-0.4, -0.2) is 53.3 Å². The summed E-state index contributed by atoms with van der Waals surface area (Å²) in [6, 6.07) is 23.7. The Morgan fingerprint density at radius 3 is 2.49 bits per heavy atom. The maximum absolute atomic E-state index is 14.1. The van der Waals surface area contributed by atoms with E-state index in [0.29, 0.717) is 24.5 Å². The summed E-state index contributed by atoms with van der Waals surface area (Å²) in [5, 5.41) is 1.76. The van der Waals surface area contributed by atoms with Crippen LogP contribution in [0, 0.1) is 0 Å². The summed E-state index contributed by atoms with van der Waals surface area (Å²) in [6.07, 6.45) is 0.653. The van der Waals surface area contributed by atoms with E-state index in [9.17, 15) is 9.59 Å². The first kappa shape index (κ1) is 23.6. The Labute approximate surface area is 220 Å². The van der Waals surface area contributed by atoms with Crippen molar-refractivity contribution in [3.05, 3.63) is 100 Å². The Morgan fingerprint density at radius 2 is 1.76 bits per heavy atom. The fourth-order valence-corrected chi connectivity index (χ4v) is 6.03. The number of hydrogen-bond donors (Lipinski definition) is 1. The van der Waals surface area contributed by atoms with E-state index in [1.807, 2.05) is 73.7 Å². The predicted octanol–water partition coefficient (Wildman–Crippen LogP) is 5.10. The van der Waals surface area contributed by atoms with Crippen molar-refractivity contribution in [3.63, 3.8) is 0 Å². The fraction of sp³-hybridized carbons (Fsp3) is 0.267. The van der Waals surface area contributed by atoms with Crippen LogP contribution in [0.15, 0.2) is 72.8 Å². The first-order chi connectivity index (χ1) is 17.9. The minimum absolute atomic E-state index is 0.0407. The van der Waals surface area contributed by atoms with Crippen LogP contribution in [0.5, 0.6) is 5.75 Å². The smallest absolute Gasteiger partial charge is 0.254 e. The summed E-state index contributed by atoms with van der Waals surface area (Å²) >= 11 is 6.03. The highest BCUT2D eigenvalue weighted by atomic mass is 35.5. The van der Waals surface area contributed by atoms with Gasteiger partial charge in [-0.05, 0) is 60.4 Å². The number of halogens is 1. The van der Waals surface area contributed by atoms with Gasteiger partial charge >= 0.3 is 0 Å². The maximum atomic E-state index is 14.1. The van der Waals surface area contributed by atoms with Crippen LogP contribution < -0.4 is 4.74 Å². The topological polar surface area (TPSA) is 65.6 Å². The standard InChI is InChI=1S/C30H28ClN3O3/c1-30-28-27(23-5-3-4-6-25(23)32-28)24(20-9-13-22(37-2)14-10-20)17-34(30)26(35)18-33(29(30)36)16-15-19-7-11-21(31)12-8-19/h3-14,24,32H,15-18H2,1-2H3/t24-,30+/m1/s1. The zero-order chi connectivity index (χ0) is 25.7. The Kier molecular flexibility index (Phi) is 5.72. The lowest BCUT2D eigenvalue weighted by atomic mass is 9.76. The predicted molar refractivity (Wildman–Crippen MR) is 144 cm³/mol. The molecule has 6 rings (SSSR count). The van der Waals surface area contributed by atoms with Crippen LogP contribution in [0.4, 0.5) is 0 Å². The lowest BCUT2D eigenvalue weighted by Crippen LogP contribution is -2.67. The van der Waals surface area contributed by atoms with Gasteiger partial charge in [0.05, 0.1) is 19.3 Å². The maximum Gasteiger partial charge on any atom is 0.254 e. The Morgan fingerprint density at radius 1 is 1.03 bits per heavy atom. The zero-order valence-electron chi connectivity index (χ0n) is 20.8. The molecule has 2 atom stereocenters. The van der Waals surface area contributed by atoms with Crippen molar-refractivity contribution < 1.29 is 14.3 Å². The second-order valence-electron chi connectivity index (χ2n) is 9.96. The number of amides is 2. The number of rotatable bonds is 5. The van der Waals surface area contributed by atoms with Gasteiger partial charge in [-0.3, -0.25) is 9.59 Å². The van der Waals surface area contributed by atoms with Crippen molar-refractivity contribution in [1.29, 1.82) is 0 Å². The molecule has 37 heavy (non-hydrogen) atoms. The molecule has 3 heterocycles. The monoisotopic (exact) mass is 513 g/mol. The molecule has 0 unspecified atom stereocenters. The lowest BCUT2D eigenvalue weighted by molar-refractivity contribution is -0.166. The minimum atomic E-state index is -1.10. The number of H-pyrrole nitrogens is 1. The number of aromatic amines is 1. The average molecular weight is 514 g/mol. The summed E-state index contributed by atoms with van der Waals surface area (Å²) in [4.78, 5) is 34.8. The number of carbonyl (C=O) groups excluding carboxylic acids is 2. The number of ether oxygens (including phenoxy) is 1. The number of aromatic nitrogens is 1. The van der Waals surface area contributed by atoms with Crippen LogP contribution in [0.3, 0.4) is 0 Å². The van der Waals surface area contributed by atoms with Gasteiger partial charge in [0.2, 0.25) is 5.91 Å². The molecule has 0 bridgehead atoms. The van der Waals surface area contributed by atoms with Gasteiger partial charge in [-0.1, -0.05) is 54.1 Å². The molecular formula is C30H28ClN3O3. The van der Waals surface area contributed by atoms with Crippen LogP contribution in [0.25, 0.3) is 10.9 Å². The summed E-state index contributed by atoms with van der Waals surface area (Å²) in [5.74, 6) is 0.620. The van der Waals surface area contributed by atoms with Gasteiger partial charge in [0.15, 0.2) is 5.54 Å². The minimum Gasteiger partial charge on any atom is -0.497 e. The first-order valence-corrected chi connectivity index (χ1v) is 12.9. The molecule has 4 aromatic rings. The molecule has 2 aliphatic rings. The van der Waals surface area contributed by atoms with Gasteiger partial charge < -0.3 is 19.5 Å². The second kappa shape index (κ2) is 8.96. The molecule has 0 aliphatic carbocycles. The summed E-state index contributed by atoms with van der Waals surface area (Å²) in [7, 11) is 1.65. The van der Waals surface area contributed by atoms with Crippen molar-refractivity contribution in [1.82, 2.24) is 14.8 Å². The summed E-state index contributed by atoms with van der Waals surface area (Å²) in [6.45, 7) is 2.87. The van der Waals surface area contributed by atoms with E-state index in [-0.39, 0.29) is 24.3 Å². The van der Waals surface area contributed by atoms with Crippen molar-refractivity contribution in [3.8, 4) is 5.75 Å². The zero-order valence-corrected chi connectivity index (χ0v) is 21.6. The SMILES string of the molecule is COc1ccc([C@H]2CN3C(=O)CN(CCc4ccc(Cl)cc4)C(=O)[C@]3(C)c3[nH]c4ccccc4c32)cc1. The molecule has 1 fully saturated rings. The molecule has 188 valence electrons. The van der Waals surface area contributed by atoms with Gasteiger partial charge in [0, 0.05) is 34.9 Å². The number of piperazine rings is 1. The van der Waals surface area contributed by atoms with E-state index >= 15 is 0 Å². The van der Waals surface area contributed by atoms with Crippen LogP contribution in [0.1, 0.15) is 35.2 Å². The van der Waals surface area contributed by atoms with Crippen LogP contribution in [-0.2, 0) is 21.5 Å². The molecule has 1 aromatic heterocycles. The highest BCUT2D eigenvalue weighted by Gasteiger charge is 2.56. The summed E-state index contributed by atoms with van der Waals surface area (Å²) in [5.41, 5.74) is 3.90. The molecule has 0 radical (unpaired) electrons. The van der Waals surface area contributed by atoms with E-state index < -0.39 is 5.54 Å². The van der Waals surface area contributed by atoms with Crippen LogP contribution in [0.2, 0.25) is 5.02 Å². The average Bonchev–Trinajstić information content (AvgIpc) is 3.32. The number of nitrogens with zero attached hydrogens (tertiary/aromatic N) is 2. The van der Waals surface area contributed by atoms with Gasteiger partial charge in [0.1, 0.15) is 5.75 Å². The highest BCUT2D eigenvalue weighted by molar-refractivity contribution is 6.30. The van der Waals surface area contributed by atoms with Gasteiger partial charge in [-0.25, -0.2) is 0 Å². The second-order valence-corrected chi connectivity index (χ2v) is 10.4. The molecule has 0 spiro atoms. The van der Waals surface area contributed by atoms with Crippen LogP contribution >= 0.6 is 11.6 Å². The normalized spacial score (nSPS) is 21.2. The number of para-hydroxylation sites is 1. The molecule has 3 aromatic carbocycles. The molecular weight excluding hydrogens is 486 g/mol. The van der Waals surface area contributed by atoms with Gasteiger partial charge in [-0.15, -0.1) is 0 Å².